The zero-order chi connectivity index (χ0) is 21.9. The number of aldehydes is 1. The average molecular weight is 425 g/mol. The van der Waals surface area contributed by atoms with Crippen LogP contribution in [-0.2, 0) is 11.2 Å². The van der Waals surface area contributed by atoms with Gasteiger partial charge in [0.1, 0.15) is 6.29 Å². The van der Waals surface area contributed by atoms with Crippen molar-refractivity contribution in [2.45, 2.75) is 129 Å². The average Bonchev–Trinajstić information content (AvgIpc) is 2.83. The summed E-state index contributed by atoms with van der Waals surface area (Å²) in [5.74, 6) is 2.64. The third kappa shape index (κ3) is 7.47. The fourth-order valence-electron chi connectivity index (χ4n) is 6.31. The molecule has 1 aromatic rings. The zero-order valence-electron chi connectivity index (χ0n) is 20.5. The second kappa shape index (κ2) is 12.8. The Labute approximate surface area is 192 Å². The lowest BCUT2D eigenvalue weighted by molar-refractivity contribution is -0.118. The van der Waals surface area contributed by atoms with Crippen LogP contribution in [0.1, 0.15) is 134 Å². The summed E-state index contributed by atoms with van der Waals surface area (Å²) in [7, 11) is 0. The van der Waals surface area contributed by atoms with Crippen LogP contribution in [0, 0.1) is 17.3 Å². The molecular weight excluding hydrogens is 376 g/mol. The molecule has 0 aromatic heterocycles. The largest absolute Gasteiger partial charge is 0.303 e. The maximum absolute atomic E-state index is 11.8. The molecule has 0 amide bonds. The maximum Gasteiger partial charge on any atom is 0.126 e. The van der Waals surface area contributed by atoms with E-state index in [9.17, 15) is 4.79 Å². The predicted molar refractivity (Wildman–Crippen MR) is 134 cm³/mol. The molecule has 1 heteroatoms. The van der Waals surface area contributed by atoms with Crippen LogP contribution >= 0.6 is 0 Å². The Morgan fingerprint density at radius 2 is 1.42 bits per heavy atom. The molecular formula is C30H48O. The number of aryl methyl sites for hydroxylation is 1. The lowest BCUT2D eigenvalue weighted by Crippen LogP contribution is -2.28. The first-order valence-corrected chi connectivity index (χ1v) is 13.7. The van der Waals surface area contributed by atoms with Crippen molar-refractivity contribution in [2.24, 2.45) is 17.3 Å². The highest BCUT2D eigenvalue weighted by Gasteiger charge is 2.35. The first-order chi connectivity index (χ1) is 15.2. The van der Waals surface area contributed by atoms with E-state index in [2.05, 4.69) is 38.1 Å². The van der Waals surface area contributed by atoms with Crippen molar-refractivity contribution in [2.75, 3.05) is 0 Å². The third-order valence-electron chi connectivity index (χ3n) is 8.73. The van der Waals surface area contributed by atoms with E-state index in [0.29, 0.717) is 5.92 Å². The highest BCUT2D eigenvalue weighted by molar-refractivity contribution is 5.59. The summed E-state index contributed by atoms with van der Waals surface area (Å²) in [6, 6.07) is 9.58. The van der Waals surface area contributed by atoms with Gasteiger partial charge < -0.3 is 4.79 Å². The van der Waals surface area contributed by atoms with Crippen LogP contribution in [0.4, 0.5) is 0 Å². The first-order valence-electron chi connectivity index (χ1n) is 13.7. The molecule has 174 valence electrons. The molecule has 0 unspecified atom stereocenters. The van der Waals surface area contributed by atoms with Crippen molar-refractivity contribution >= 4 is 6.29 Å². The number of unbranched alkanes of at least 4 members (excludes halogenated alkanes) is 3. The minimum atomic E-state index is -0.0127. The quantitative estimate of drug-likeness (QED) is 0.241. The van der Waals surface area contributed by atoms with Gasteiger partial charge in [-0.1, -0.05) is 102 Å². The first kappa shape index (κ1) is 24.5. The standard InChI is InChI=1S/C30H48O/c1-3-5-7-21-30(24-31)22-19-29(20-23-30)28-17-15-27(16-18-28)14-13-26-11-9-25(10-12-26)8-6-4-2/h15-18,24-26,29H,3-14,19-23H2,1-2H3/t25-,26-,29?,30?. The van der Waals surface area contributed by atoms with Crippen molar-refractivity contribution in [1.82, 2.24) is 0 Å². The Kier molecular flexibility index (Phi) is 10.1. The number of hydrogen-bond acceptors (Lipinski definition) is 1. The second-order valence-corrected chi connectivity index (χ2v) is 11.0. The fraction of sp³-hybridized carbons (Fsp3) is 0.767. The van der Waals surface area contributed by atoms with Crippen molar-refractivity contribution in [3.8, 4) is 0 Å². The minimum Gasteiger partial charge on any atom is -0.303 e. The molecule has 1 aromatic carbocycles. The van der Waals surface area contributed by atoms with Gasteiger partial charge in [0.05, 0.1) is 0 Å². The number of carbonyl (C=O) groups excluding carboxylic acids is 1. The van der Waals surface area contributed by atoms with E-state index >= 15 is 0 Å². The van der Waals surface area contributed by atoms with Crippen molar-refractivity contribution in [3.63, 3.8) is 0 Å². The van der Waals surface area contributed by atoms with Crippen LogP contribution in [0.25, 0.3) is 0 Å². The molecule has 31 heavy (non-hydrogen) atoms. The van der Waals surface area contributed by atoms with Crippen LogP contribution in [-0.4, -0.2) is 6.29 Å². The van der Waals surface area contributed by atoms with E-state index in [1.807, 2.05) is 0 Å². The molecule has 2 aliphatic rings. The van der Waals surface area contributed by atoms with Gasteiger partial charge in [-0.3, -0.25) is 0 Å². The van der Waals surface area contributed by atoms with Gasteiger partial charge in [0.2, 0.25) is 0 Å². The highest BCUT2D eigenvalue weighted by Crippen LogP contribution is 2.45. The molecule has 2 aliphatic carbocycles. The number of carbonyl (C=O) groups is 1. The van der Waals surface area contributed by atoms with Gasteiger partial charge in [-0.05, 0) is 73.8 Å². The number of benzene rings is 1. The van der Waals surface area contributed by atoms with Gasteiger partial charge in [0.15, 0.2) is 0 Å². The Morgan fingerprint density at radius 1 is 0.806 bits per heavy atom. The Balaban J connectivity index is 1.40. The molecule has 0 saturated heterocycles. The molecule has 2 saturated carbocycles. The van der Waals surface area contributed by atoms with E-state index in [0.717, 1.165) is 31.1 Å². The second-order valence-electron chi connectivity index (χ2n) is 11.0. The van der Waals surface area contributed by atoms with Gasteiger partial charge in [-0.25, -0.2) is 0 Å². The predicted octanol–water partition coefficient (Wildman–Crippen LogP) is 9.04. The van der Waals surface area contributed by atoms with Gasteiger partial charge >= 0.3 is 0 Å². The summed E-state index contributed by atoms with van der Waals surface area (Å²) in [6.45, 7) is 4.56. The third-order valence-corrected chi connectivity index (χ3v) is 8.73. The van der Waals surface area contributed by atoms with E-state index in [4.69, 9.17) is 0 Å². The molecule has 3 rings (SSSR count). The van der Waals surface area contributed by atoms with Crippen molar-refractivity contribution in [1.29, 1.82) is 0 Å². The maximum atomic E-state index is 11.8. The molecule has 0 bridgehead atoms. The summed E-state index contributed by atoms with van der Waals surface area (Å²) >= 11 is 0. The van der Waals surface area contributed by atoms with Crippen LogP contribution < -0.4 is 0 Å². The summed E-state index contributed by atoms with van der Waals surface area (Å²) in [5.41, 5.74) is 3.02. The van der Waals surface area contributed by atoms with E-state index in [1.165, 1.54) is 107 Å². The van der Waals surface area contributed by atoms with Crippen molar-refractivity contribution in [3.05, 3.63) is 35.4 Å². The summed E-state index contributed by atoms with van der Waals surface area (Å²) in [5, 5.41) is 0. The Hall–Kier alpha value is -1.11. The Bertz CT molecular complexity index is 614. The molecule has 0 atom stereocenters. The topological polar surface area (TPSA) is 17.1 Å². The number of rotatable bonds is 12. The molecule has 0 N–H and O–H groups in total. The summed E-state index contributed by atoms with van der Waals surface area (Å²) in [4.78, 5) is 11.8. The van der Waals surface area contributed by atoms with Gasteiger partial charge in [0.25, 0.3) is 0 Å². The lowest BCUT2D eigenvalue weighted by Gasteiger charge is -2.36. The minimum absolute atomic E-state index is 0.0127. The van der Waals surface area contributed by atoms with Crippen molar-refractivity contribution < 1.29 is 4.79 Å². The van der Waals surface area contributed by atoms with Gasteiger partial charge in [-0.15, -0.1) is 0 Å². The lowest BCUT2D eigenvalue weighted by atomic mass is 9.67. The molecule has 1 nitrogen and oxygen atoms in total. The zero-order valence-corrected chi connectivity index (χ0v) is 20.5. The molecule has 0 radical (unpaired) electrons. The summed E-state index contributed by atoms with van der Waals surface area (Å²) in [6.07, 6.45) is 23.5. The van der Waals surface area contributed by atoms with Crippen LogP contribution in [0.5, 0.6) is 0 Å². The monoisotopic (exact) mass is 424 g/mol. The molecule has 2 fully saturated rings. The van der Waals surface area contributed by atoms with Gasteiger partial charge in [-0.2, -0.15) is 0 Å². The number of hydrogen-bond donors (Lipinski definition) is 0. The van der Waals surface area contributed by atoms with E-state index < -0.39 is 0 Å². The Morgan fingerprint density at radius 3 is 2.00 bits per heavy atom. The van der Waals surface area contributed by atoms with E-state index in [-0.39, 0.29) is 5.41 Å². The molecule has 0 aliphatic heterocycles. The van der Waals surface area contributed by atoms with Crippen LogP contribution in [0.3, 0.4) is 0 Å². The SMILES string of the molecule is CCCCCC1(C=O)CCC(c2ccc(CC[C@H]3CC[C@H](CCCC)CC3)cc2)CC1. The molecule has 0 heterocycles. The van der Waals surface area contributed by atoms with Crippen LogP contribution in [0.15, 0.2) is 24.3 Å². The van der Waals surface area contributed by atoms with Gasteiger partial charge in [0, 0.05) is 5.41 Å². The van der Waals surface area contributed by atoms with E-state index in [1.54, 1.807) is 0 Å². The smallest absolute Gasteiger partial charge is 0.126 e. The fourth-order valence-corrected chi connectivity index (χ4v) is 6.31. The highest BCUT2D eigenvalue weighted by atomic mass is 16.1. The normalized spacial score (nSPS) is 29.0. The van der Waals surface area contributed by atoms with Crippen LogP contribution in [0.2, 0.25) is 0 Å². The summed E-state index contributed by atoms with van der Waals surface area (Å²) < 4.78 is 0. The molecule has 0 spiro atoms.